The molecule has 0 aliphatic carbocycles. The van der Waals surface area contributed by atoms with Crippen LogP contribution in [-0.2, 0) is 0 Å². The molecule has 1 atom stereocenters. The lowest BCUT2D eigenvalue weighted by Crippen LogP contribution is -2.40. The molecule has 3 N–H and O–H groups in total. The Kier molecular flexibility index (Phi) is 6.81. The highest BCUT2D eigenvalue weighted by Gasteiger charge is 2.13. The Morgan fingerprint density at radius 3 is 2.43 bits per heavy atom. The standard InChI is InChI=1S/C15H24N2O4/c1-10(2)7-12(9-18)17-15(19)16-11-5-6-13(20-3)14(8-11)21-4/h5-6,8,10,12,18H,7,9H2,1-4H3,(H2,16,17,19). The van der Waals surface area contributed by atoms with E-state index in [1.165, 1.54) is 7.11 Å². The van der Waals surface area contributed by atoms with Crippen LogP contribution in [0.5, 0.6) is 11.5 Å². The number of anilines is 1. The molecule has 21 heavy (non-hydrogen) atoms. The highest BCUT2D eigenvalue weighted by molar-refractivity contribution is 5.89. The number of benzene rings is 1. The molecule has 0 saturated carbocycles. The van der Waals surface area contributed by atoms with Crippen LogP contribution in [0, 0.1) is 5.92 Å². The third-order valence-corrected chi connectivity index (χ3v) is 2.95. The minimum absolute atomic E-state index is 0.0858. The lowest BCUT2D eigenvalue weighted by Gasteiger charge is -2.19. The molecule has 0 heterocycles. The molecule has 1 unspecified atom stereocenters. The van der Waals surface area contributed by atoms with Crippen LogP contribution in [0.2, 0.25) is 0 Å². The maximum Gasteiger partial charge on any atom is 0.319 e. The number of urea groups is 1. The Bertz CT molecular complexity index is 463. The summed E-state index contributed by atoms with van der Waals surface area (Å²) in [5.74, 6) is 1.52. The Morgan fingerprint density at radius 2 is 1.90 bits per heavy atom. The largest absolute Gasteiger partial charge is 0.493 e. The molecule has 118 valence electrons. The molecule has 0 radical (unpaired) electrons. The first-order valence-electron chi connectivity index (χ1n) is 6.90. The normalized spacial score (nSPS) is 11.9. The molecule has 0 saturated heterocycles. The van der Waals surface area contributed by atoms with Gasteiger partial charge in [0.1, 0.15) is 0 Å². The number of ether oxygens (including phenoxy) is 2. The minimum atomic E-state index is -0.359. The van der Waals surface area contributed by atoms with Crippen LogP contribution in [0.4, 0.5) is 10.5 Å². The number of aliphatic hydroxyl groups is 1. The first-order valence-corrected chi connectivity index (χ1v) is 6.90. The molecule has 0 fully saturated rings. The number of hydrogen-bond donors (Lipinski definition) is 3. The van der Waals surface area contributed by atoms with Gasteiger partial charge in [-0.2, -0.15) is 0 Å². The summed E-state index contributed by atoms with van der Waals surface area (Å²) in [4.78, 5) is 11.9. The molecular weight excluding hydrogens is 272 g/mol. The number of rotatable bonds is 7. The fourth-order valence-corrected chi connectivity index (χ4v) is 2.01. The highest BCUT2D eigenvalue weighted by atomic mass is 16.5. The van der Waals surface area contributed by atoms with Crippen LogP contribution in [-0.4, -0.2) is 38.0 Å². The molecule has 6 nitrogen and oxygen atoms in total. The molecule has 1 aromatic rings. The first-order chi connectivity index (χ1) is 9.99. The zero-order valence-corrected chi connectivity index (χ0v) is 13.0. The van der Waals surface area contributed by atoms with E-state index < -0.39 is 0 Å². The van der Waals surface area contributed by atoms with E-state index >= 15 is 0 Å². The monoisotopic (exact) mass is 296 g/mol. The number of amides is 2. The van der Waals surface area contributed by atoms with Gasteiger partial charge in [-0.3, -0.25) is 0 Å². The number of methoxy groups -OCH3 is 2. The molecule has 0 aliphatic rings. The van der Waals surface area contributed by atoms with E-state index in [0.717, 1.165) is 6.42 Å². The first kappa shape index (κ1) is 17.1. The zero-order valence-electron chi connectivity index (χ0n) is 13.0. The van der Waals surface area contributed by atoms with Gasteiger partial charge in [0, 0.05) is 11.8 Å². The van der Waals surface area contributed by atoms with Crippen LogP contribution >= 0.6 is 0 Å². The fourth-order valence-electron chi connectivity index (χ4n) is 2.01. The predicted molar refractivity (Wildman–Crippen MR) is 82.0 cm³/mol. The quantitative estimate of drug-likeness (QED) is 0.721. The summed E-state index contributed by atoms with van der Waals surface area (Å²) in [6.45, 7) is 3.99. The second-order valence-electron chi connectivity index (χ2n) is 5.18. The van der Waals surface area contributed by atoms with E-state index in [0.29, 0.717) is 23.1 Å². The summed E-state index contributed by atoms with van der Waals surface area (Å²) in [5, 5.41) is 14.7. The fraction of sp³-hybridized carbons (Fsp3) is 0.533. The molecule has 0 aliphatic heterocycles. The summed E-state index contributed by atoms with van der Waals surface area (Å²) < 4.78 is 10.3. The van der Waals surface area contributed by atoms with Crippen molar-refractivity contribution in [3.8, 4) is 11.5 Å². The maximum absolute atomic E-state index is 11.9. The summed E-state index contributed by atoms with van der Waals surface area (Å²) in [6, 6.07) is 4.49. The lowest BCUT2D eigenvalue weighted by molar-refractivity contribution is 0.214. The van der Waals surface area contributed by atoms with Crippen LogP contribution in [0.15, 0.2) is 18.2 Å². The number of carbonyl (C=O) groups is 1. The van der Waals surface area contributed by atoms with Crippen molar-refractivity contribution in [2.45, 2.75) is 26.3 Å². The van der Waals surface area contributed by atoms with Crippen molar-refractivity contribution >= 4 is 11.7 Å². The Hall–Kier alpha value is -1.95. The van der Waals surface area contributed by atoms with Gasteiger partial charge in [0.25, 0.3) is 0 Å². The second kappa shape index (κ2) is 8.36. The van der Waals surface area contributed by atoms with E-state index in [-0.39, 0.29) is 18.7 Å². The topological polar surface area (TPSA) is 79.8 Å². The minimum Gasteiger partial charge on any atom is -0.493 e. The van der Waals surface area contributed by atoms with E-state index in [4.69, 9.17) is 9.47 Å². The summed E-state index contributed by atoms with van der Waals surface area (Å²) in [7, 11) is 3.08. The average Bonchev–Trinajstić information content (AvgIpc) is 2.45. The lowest BCUT2D eigenvalue weighted by atomic mass is 10.0. The third-order valence-electron chi connectivity index (χ3n) is 2.95. The molecule has 6 heteroatoms. The van der Waals surface area contributed by atoms with E-state index in [1.54, 1.807) is 25.3 Å². The molecule has 0 aromatic heterocycles. The molecule has 1 rings (SSSR count). The smallest absolute Gasteiger partial charge is 0.319 e. The highest BCUT2D eigenvalue weighted by Crippen LogP contribution is 2.29. The van der Waals surface area contributed by atoms with Gasteiger partial charge in [-0.25, -0.2) is 4.79 Å². The molecular formula is C15H24N2O4. The van der Waals surface area contributed by atoms with Gasteiger partial charge in [-0.15, -0.1) is 0 Å². The van der Waals surface area contributed by atoms with E-state index in [2.05, 4.69) is 10.6 Å². The Balaban J connectivity index is 2.65. The van der Waals surface area contributed by atoms with Crippen molar-refractivity contribution in [2.24, 2.45) is 5.92 Å². The van der Waals surface area contributed by atoms with Crippen molar-refractivity contribution < 1.29 is 19.4 Å². The molecule has 2 amide bonds. The van der Waals surface area contributed by atoms with Crippen molar-refractivity contribution in [1.29, 1.82) is 0 Å². The third kappa shape index (κ3) is 5.51. The van der Waals surface area contributed by atoms with Crippen molar-refractivity contribution in [1.82, 2.24) is 5.32 Å². The van der Waals surface area contributed by atoms with Crippen molar-refractivity contribution in [3.05, 3.63) is 18.2 Å². The average molecular weight is 296 g/mol. The summed E-state index contributed by atoms with van der Waals surface area (Å²) in [5.41, 5.74) is 0.589. The number of nitrogens with one attached hydrogen (secondary N) is 2. The Labute approximate surface area is 125 Å². The van der Waals surface area contributed by atoms with Gasteiger partial charge in [0.05, 0.1) is 26.9 Å². The van der Waals surface area contributed by atoms with Crippen molar-refractivity contribution in [3.63, 3.8) is 0 Å². The van der Waals surface area contributed by atoms with Crippen LogP contribution in [0.3, 0.4) is 0 Å². The van der Waals surface area contributed by atoms with Crippen LogP contribution in [0.25, 0.3) is 0 Å². The van der Waals surface area contributed by atoms with Crippen LogP contribution in [0.1, 0.15) is 20.3 Å². The summed E-state index contributed by atoms with van der Waals surface area (Å²) >= 11 is 0. The molecule has 1 aromatic carbocycles. The SMILES string of the molecule is COc1ccc(NC(=O)NC(CO)CC(C)C)cc1OC. The van der Waals surface area contributed by atoms with Gasteiger partial charge in [0.2, 0.25) is 0 Å². The van der Waals surface area contributed by atoms with Gasteiger partial charge in [0.15, 0.2) is 11.5 Å². The van der Waals surface area contributed by atoms with E-state index in [9.17, 15) is 9.90 Å². The number of hydrogen-bond acceptors (Lipinski definition) is 4. The predicted octanol–water partition coefficient (Wildman–Crippen LogP) is 2.23. The van der Waals surface area contributed by atoms with Gasteiger partial charge >= 0.3 is 6.03 Å². The zero-order chi connectivity index (χ0) is 15.8. The maximum atomic E-state index is 11.9. The van der Waals surface area contributed by atoms with Crippen molar-refractivity contribution in [2.75, 3.05) is 26.1 Å². The van der Waals surface area contributed by atoms with Gasteiger partial charge in [-0.05, 0) is 24.5 Å². The number of aliphatic hydroxyl groups excluding tert-OH is 1. The van der Waals surface area contributed by atoms with E-state index in [1.807, 2.05) is 13.8 Å². The molecule has 0 bridgehead atoms. The molecule has 0 spiro atoms. The summed E-state index contributed by atoms with van der Waals surface area (Å²) in [6.07, 6.45) is 0.718. The van der Waals surface area contributed by atoms with Gasteiger partial charge in [-0.1, -0.05) is 13.8 Å². The second-order valence-corrected chi connectivity index (χ2v) is 5.18. The van der Waals surface area contributed by atoms with Crippen LogP contribution < -0.4 is 20.1 Å². The van der Waals surface area contributed by atoms with Gasteiger partial charge < -0.3 is 25.2 Å². The Morgan fingerprint density at radius 1 is 1.24 bits per heavy atom. The number of carbonyl (C=O) groups excluding carboxylic acids is 1.